The molecule has 1 rings (SSSR count). The summed E-state index contributed by atoms with van der Waals surface area (Å²) in [5, 5.41) is 19.6. The van der Waals surface area contributed by atoms with Gasteiger partial charge in [-0.3, -0.25) is 10.1 Å². The summed E-state index contributed by atoms with van der Waals surface area (Å²) in [6.07, 6.45) is -0.221. The van der Waals surface area contributed by atoms with Crippen LogP contribution in [0.25, 0.3) is 0 Å². The van der Waals surface area contributed by atoms with E-state index >= 15 is 0 Å². The highest BCUT2D eigenvalue weighted by Crippen LogP contribution is 2.29. The summed E-state index contributed by atoms with van der Waals surface area (Å²) in [7, 11) is 0. The minimum atomic E-state index is -0.685. The molecule has 17 heavy (non-hydrogen) atoms. The molecule has 0 bridgehead atoms. The number of nitriles is 1. The van der Waals surface area contributed by atoms with Gasteiger partial charge in [-0.25, -0.2) is 0 Å². The lowest BCUT2D eigenvalue weighted by molar-refractivity contribution is -0.386. The van der Waals surface area contributed by atoms with E-state index in [4.69, 9.17) is 21.6 Å². The SMILES string of the molecule is CCC(C#N)Oc1ccc(CCl)cc1[N+](=O)[O-]. The van der Waals surface area contributed by atoms with Gasteiger partial charge in [-0.15, -0.1) is 11.6 Å². The van der Waals surface area contributed by atoms with Gasteiger partial charge in [0.15, 0.2) is 11.9 Å². The molecule has 1 aromatic rings. The van der Waals surface area contributed by atoms with Crippen LogP contribution in [-0.4, -0.2) is 11.0 Å². The van der Waals surface area contributed by atoms with E-state index in [-0.39, 0.29) is 17.3 Å². The maximum atomic E-state index is 10.8. The summed E-state index contributed by atoms with van der Waals surface area (Å²) in [5.41, 5.74) is 0.465. The van der Waals surface area contributed by atoms with Crippen molar-refractivity contribution in [3.8, 4) is 11.8 Å². The van der Waals surface area contributed by atoms with E-state index < -0.39 is 11.0 Å². The van der Waals surface area contributed by atoms with E-state index in [9.17, 15) is 10.1 Å². The molecule has 0 saturated heterocycles. The standard InChI is InChI=1S/C11H11ClN2O3/c1-2-9(7-13)17-11-4-3-8(6-12)5-10(11)14(15)16/h3-5,9H,2,6H2,1H3. The van der Waals surface area contributed by atoms with Crippen molar-refractivity contribution in [3.05, 3.63) is 33.9 Å². The van der Waals surface area contributed by atoms with Gasteiger partial charge >= 0.3 is 5.69 Å². The van der Waals surface area contributed by atoms with Gasteiger partial charge in [0.2, 0.25) is 0 Å². The monoisotopic (exact) mass is 254 g/mol. The van der Waals surface area contributed by atoms with Gasteiger partial charge < -0.3 is 4.74 Å². The van der Waals surface area contributed by atoms with Crippen LogP contribution in [0.3, 0.4) is 0 Å². The summed E-state index contributed by atoms with van der Waals surface area (Å²) in [6, 6.07) is 6.38. The predicted molar refractivity (Wildman–Crippen MR) is 63.0 cm³/mol. The Balaban J connectivity index is 3.07. The third kappa shape index (κ3) is 3.33. The lowest BCUT2D eigenvalue weighted by atomic mass is 10.2. The molecule has 1 atom stereocenters. The molecule has 0 spiro atoms. The minimum Gasteiger partial charge on any atom is -0.468 e. The first-order valence-electron chi connectivity index (χ1n) is 5.02. The molecule has 0 fully saturated rings. The van der Waals surface area contributed by atoms with E-state index in [0.717, 1.165) is 0 Å². The molecule has 1 unspecified atom stereocenters. The van der Waals surface area contributed by atoms with Crippen LogP contribution in [-0.2, 0) is 5.88 Å². The molecule has 0 amide bonds. The normalized spacial score (nSPS) is 11.6. The number of hydrogen-bond donors (Lipinski definition) is 0. The first kappa shape index (κ1) is 13.3. The Kier molecular flexibility index (Phi) is 4.73. The summed E-state index contributed by atoms with van der Waals surface area (Å²) in [4.78, 5) is 10.3. The van der Waals surface area contributed by atoms with E-state index in [1.165, 1.54) is 12.1 Å². The molecule has 5 nitrogen and oxygen atoms in total. The number of rotatable bonds is 5. The highest BCUT2D eigenvalue weighted by atomic mass is 35.5. The molecule has 90 valence electrons. The smallest absolute Gasteiger partial charge is 0.311 e. The first-order valence-corrected chi connectivity index (χ1v) is 5.55. The van der Waals surface area contributed by atoms with Crippen LogP contribution in [0.15, 0.2) is 18.2 Å². The van der Waals surface area contributed by atoms with Crippen molar-refractivity contribution in [3.63, 3.8) is 0 Å². The number of benzene rings is 1. The topological polar surface area (TPSA) is 76.2 Å². The quantitative estimate of drug-likeness (QED) is 0.460. The number of hydrogen-bond acceptors (Lipinski definition) is 4. The number of nitro groups is 1. The molecule has 6 heteroatoms. The van der Waals surface area contributed by atoms with Gasteiger partial charge in [0.05, 0.1) is 4.92 Å². The molecule has 0 radical (unpaired) electrons. The molecule has 0 heterocycles. The number of alkyl halides is 1. The zero-order valence-electron chi connectivity index (χ0n) is 9.22. The average molecular weight is 255 g/mol. The van der Waals surface area contributed by atoms with Gasteiger partial charge in [0.1, 0.15) is 6.07 Å². The summed E-state index contributed by atoms with van der Waals surface area (Å²) < 4.78 is 5.26. The molecule has 1 aromatic carbocycles. The van der Waals surface area contributed by atoms with Crippen molar-refractivity contribution in [1.29, 1.82) is 5.26 Å². The lowest BCUT2D eigenvalue weighted by Gasteiger charge is -2.10. The molecular weight excluding hydrogens is 244 g/mol. The van der Waals surface area contributed by atoms with Crippen molar-refractivity contribution in [1.82, 2.24) is 0 Å². The molecule has 0 saturated carbocycles. The lowest BCUT2D eigenvalue weighted by Crippen LogP contribution is -2.13. The van der Waals surface area contributed by atoms with Crippen molar-refractivity contribution >= 4 is 17.3 Å². The van der Waals surface area contributed by atoms with Crippen LogP contribution in [0.5, 0.6) is 5.75 Å². The first-order chi connectivity index (χ1) is 8.12. The highest BCUT2D eigenvalue weighted by molar-refractivity contribution is 6.17. The highest BCUT2D eigenvalue weighted by Gasteiger charge is 2.18. The number of halogens is 1. The van der Waals surface area contributed by atoms with Crippen LogP contribution in [0.1, 0.15) is 18.9 Å². The fourth-order valence-electron chi connectivity index (χ4n) is 1.24. The second-order valence-corrected chi connectivity index (χ2v) is 3.60. The van der Waals surface area contributed by atoms with Crippen molar-refractivity contribution in [2.24, 2.45) is 0 Å². The Labute approximate surface area is 104 Å². The van der Waals surface area contributed by atoms with E-state index in [1.54, 1.807) is 13.0 Å². The van der Waals surface area contributed by atoms with Crippen LogP contribution in [0.2, 0.25) is 0 Å². The Morgan fingerprint density at radius 1 is 1.65 bits per heavy atom. The van der Waals surface area contributed by atoms with Crippen molar-refractivity contribution < 1.29 is 9.66 Å². The van der Waals surface area contributed by atoms with Crippen molar-refractivity contribution in [2.75, 3.05) is 0 Å². The number of nitro benzene ring substituents is 1. The fraction of sp³-hybridized carbons (Fsp3) is 0.364. The maximum absolute atomic E-state index is 10.8. The van der Waals surface area contributed by atoms with Gasteiger partial charge in [-0.2, -0.15) is 5.26 Å². The summed E-state index contributed by atoms with van der Waals surface area (Å²) in [5.74, 6) is 0.286. The minimum absolute atomic E-state index is 0.0947. The van der Waals surface area contributed by atoms with Gasteiger partial charge in [-0.1, -0.05) is 13.0 Å². The second kappa shape index (κ2) is 6.06. The zero-order valence-corrected chi connectivity index (χ0v) is 9.98. The average Bonchev–Trinajstić information content (AvgIpc) is 2.35. The molecular formula is C11H11ClN2O3. The Hall–Kier alpha value is -1.80. The van der Waals surface area contributed by atoms with Crippen LogP contribution in [0.4, 0.5) is 5.69 Å². The Morgan fingerprint density at radius 3 is 2.82 bits per heavy atom. The number of ether oxygens (including phenoxy) is 1. The summed E-state index contributed by atoms with van der Waals surface area (Å²) >= 11 is 5.60. The zero-order chi connectivity index (χ0) is 12.8. The summed E-state index contributed by atoms with van der Waals surface area (Å²) in [6.45, 7) is 1.77. The Morgan fingerprint density at radius 2 is 2.35 bits per heavy atom. The number of nitrogens with zero attached hydrogens (tertiary/aromatic N) is 2. The van der Waals surface area contributed by atoms with Crippen LogP contribution < -0.4 is 4.74 Å². The van der Waals surface area contributed by atoms with Crippen molar-refractivity contribution in [2.45, 2.75) is 25.3 Å². The third-order valence-corrected chi connectivity index (χ3v) is 2.47. The molecule has 0 aliphatic rings. The molecule has 0 aliphatic heterocycles. The van der Waals surface area contributed by atoms with Crippen LogP contribution in [0, 0.1) is 21.4 Å². The van der Waals surface area contributed by atoms with Gasteiger partial charge in [0.25, 0.3) is 0 Å². The molecule has 0 aliphatic carbocycles. The van der Waals surface area contributed by atoms with E-state index in [1.807, 2.05) is 6.07 Å². The predicted octanol–water partition coefficient (Wildman–Crippen LogP) is 3.01. The van der Waals surface area contributed by atoms with Gasteiger partial charge in [0, 0.05) is 11.9 Å². The van der Waals surface area contributed by atoms with E-state index in [0.29, 0.717) is 12.0 Å². The molecule has 0 N–H and O–H groups in total. The van der Waals surface area contributed by atoms with Gasteiger partial charge in [-0.05, 0) is 18.1 Å². The molecule has 0 aromatic heterocycles. The van der Waals surface area contributed by atoms with Crippen LogP contribution >= 0.6 is 11.6 Å². The largest absolute Gasteiger partial charge is 0.468 e. The second-order valence-electron chi connectivity index (χ2n) is 3.34. The van der Waals surface area contributed by atoms with E-state index in [2.05, 4.69) is 0 Å². The Bertz CT molecular complexity index is 457. The fourth-order valence-corrected chi connectivity index (χ4v) is 1.41. The third-order valence-electron chi connectivity index (χ3n) is 2.16. The maximum Gasteiger partial charge on any atom is 0.311 e.